The Bertz CT molecular complexity index is 553. The molecule has 0 fully saturated rings. The maximum Gasteiger partial charge on any atom is 0.0234 e. The molecule has 0 N–H and O–H groups in total. The van der Waals surface area contributed by atoms with E-state index < -0.39 is 0 Å². The summed E-state index contributed by atoms with van der Waals surface area (Å²) in [7, 11) is 2.20. The molecule has 0 radical (unpaired) electrons. The van der Waals surface area contributed by atoms with Crippen LogP contribution in [0.5, 0.6) is 0 Å². The quantitative estimate of drug-likeness (QED) is 0.742. The molecular weight excluding hydrogens is 322 g/mol. The summed E-state index contributed by atoms with van der Waals surface area (Å²) in [5.41, 5.74) is 4.34. The number of nitrogens with zero attached hydrogens (tertiary/aromatic N) is 1. The van der Waals surface area contributed by atoms with Gasteiger partial charge in [0.15, 0.2) is 0 Å². The molecule has 2 aromatic carbocycles. The summed E-state index contributed by atoms with van der Waals surface area (Å²) in [6.07, 6.45) is 0. The highest BCUT2D eigenvalue weighted by molar-refractivity contribution is 9.10. The van der Waals surface area contributed by atoms with Gasteiger partial charge in [-0.3, -0.25) is 0 Å². The molecule has 0 spiro atoms. The monoisotopic (exact) mass is 337 g/mol. The molecule has 0 saturated carbocycles. The lowest BCUT2D eigenvalue weighted by atomic mass is 9.85. The van der Waals surface area contributed by atoms with E-state index in [0.29, 0.717) is 5.92 Å². The van der Waals surface area contributed by atoms with Gasteiger partial charge in [0.25, 0.3) is 0 Å². The molecule has 100 valence electrons. The van der Waals surface area contributed by atoms with Crippen molar-refractivity contribution in [3.8, 4) is 0 Å². The summed E-state index contributed by atoms with van der Waals surface area (Å²) >= 11 is 3.50. The average Bonchev–Trinajstić information content (AvgIpc) is 2.38. The van der Waals surface area contributed by atoms with Gasteiger partial charge in [-0.1, -0.05) is 52.3 Å². The predicted molar refractivity (Wildman–Crippen MR) is 86.0 cm³/mol. The molecule has 0 bridgehead atoms. The standard InChI is InChI=1S/C16H16BrN.ClH/c1-18-10-13-4-2-3-5-15(13)16(11-18)12-6-8-14(17)9-7-12;/h2-9,16H,10-11H2,1H3;1H. The van der Waals surface area contributed by atoms with E-state index in [9.17, 15) is 0 Å². The summed E-state index contributed by atoms with van der Waals surface area (Å²) in [6.45, 7) is 2.15. The summed E-state index contributed by atoms with van der Waals surface area (Å²) in [6, 6.07) is 17.5. The molecular formula is C16H17BrClN. The SMILES string of the molecule is CN1Cc2ccccc2C(c2ccc(Br)cc2)C1.Cl. The normalized spacial score (nSPS) is 18.5. The summed E-state index contributed by atoms with van der Waals surface area (Å²) in [5, 5.41) is 0. The van der Waals surface area contributed by atoms with Gasteiger partial charge in [-0.25, -0.2) is 0 Å². The fourth-order valence-corrected chi connectivity index (χ4v) is 3.03. The van der Waals surface area contributed by atoms with E-state index in [4.69, 9.17) is 0 Å². The van der Waals surface area contributed by atoms with Crippen LogP contribution in [0.2, 0.25) is 0 Å². The van der Waals surface area contributed by atoms with E-state index in [2.05, 4.69) is 76.4 Å². The summed E-state index contributed by atoms with van der Waals surface area (Å²) in [5.74, 6) is 0.494. The largest absolute Gasteiger partial charge is 0.301 e. The van der Waals surface area contributed by atoms with Crippen molar-refractivity contribution < 1.29 is 0 Å². The minimum atomic E-state index is 0. The van der Waals surface area contributed by atoms with Gasteiger partial charge in [-0.15, -0.1) is 12.4 Å². The van der Waals surface area contributed by atoms with Gasteiger partial charge >= 0.3 is 0 Å². The van der Waals surface area contributed by atoms with E-state index in [1.165, 1.54) is 16.7 Å². The summed E-state index contributed by atoms with van der Waals surface area (Å²) < 4.78 is 1.14. The van der Waals surface area contributed by atoms with E-state index in [1.807, 2.05) is 0 Å². The number of likely N-dealkylation sites (N-methyl/N-ethyl adjacent to an activating group) is 1. The Morgan fingerprint density at radius 2 is 1.74 bits per heavy atom. The zero-order chi connectivity index (χ0) is 12.5. The first kappa shape index (κ1) is 14.6. The molecule has 1 aliphatic rings. The number of hydrogen-bond acceptors (Lipinski definition) is 1. The van der Waals surface area contributed by atoms with Crippen LogP contribution in [0.15, 0.2) is 53.0 Å². The number of hydrogen-bond donors (Lipinski definition) is 0. The van der Waals surface area contributed by atoms with Crippen molar-refractivity contribution in [3.05, 3.63) is 69.7 Å². The van der Waals surface area contributed by atoms with Gasteiger partial charge in [-0.2, -0.15) is 0 Å². The maximum absolute atomic E-state index is 3.50. The number of benzene rings is 2. The second kappa shape index (κ2) is 6.08. The van der Waals surface area contributed by atoms with Crippen molar-refractivity contribution in [2.75, 3.05) is 13.6 Å². The molecule has 0 aliphatic carbocycles. The molecule has 0 amide bonds. The Morgan fingerprint density at radius 1 is 1.05 bits per heavy atom. The Balaban J connectivity index is 0.00000133. The highest BCUT2D eigenvalue weighted by Gasteiger charge is 2.23. The minimum Gasteiger partial charge on any atom is -0.301 e. The van der Waals surface area contributed by atoms with Gasteiger partial charge in [0.1, 0.15) is 0 Å². The number of fused-ring (bicyclic) bond motifs is 1. The third kappa shape index (κ3) is 3.02. The predicted octanol–water partition coefficient (Wildman–Crippen LogP) is 4.45. The number of rotatable bonds is 1. The van der Waals surface area contributed by atoms with Crippen LogP contribution in [-0.2, 0) is 6.54 Å². The first-order valence-electron chi connectivity index (χ1n) is 6.26. The number of halogens is 2. The lowest BCUT2D eigenvalue weighted by molar-refractivity contribution is 0.295. The zero-order valence-corrected chi connectivity index (χ0v) is 13.2. The molecule has 3 heteroatoms. The van der Waals surface area contributed by atoms with Crippen LogP contribution < -0.4 is 0 Å². The second-order valence-electron chi connectivity index (χ2n) is 5.00. The molecule has 0 saturated heterocycles. The molecule has 2 aromatic rings. The highest BCUT2D eigenvalue weighted by atomic mass is 79.9. The molecule has 3 rings (SSSR count). The molecule has 19 heavy (non-hydrogen) atoms. The molecule has 1 heterocycles. The molecule has 1 atom stereocenters. The average molecular weight is 339 g/mol. The van der Waals surface area contributed by atoms with E-state index in [0.717, 1.165) is 17.6 Å². The Hall–Kier alpha value is -0.830. The lowest BCUT2D eigenvalue weighted by Crippen LogP contribution is -2.30. The third-order valence-electron chi connectivity index (χ3n) is 3.64. The zero-order valence-electron chi connectivity index (χ0n) is 10.8. The van der Waals surface area contributed by atoms with Crippen molar-refractivity contribution >= 4 is 28.3 Å². The minimum absolute atomic E-state index is 0. The first-order chi connectivity index (χ1) is 8.74. The van der Waals surface area contributed by atoms with Gasteiger partial charge in [0, 0.05) is 23.5 Å². The van der Waals surface area contributed by atoms with Gasteiger partial charge in [0.05, 0.1) is 0 Å². The molecule has 0 aromatic heterocycles. The maximum atomic E-state index is 3.50. The summed E-state index contributed by atoms with van der Waals surface area (Å²) in [4.78, 5) is 2.40. The van der Waals surface area contributed by atoms with E-state index in [1.54, 1.807) is 0 Å². The molecule has 1 nitrogen and oxygen atoms in total. The fourth-order valence-electron chi connectivity index (χ4n) is 2.76. The highest BCUT2D eigenvalue weighted by Crippen LogP contribution is 2.33. The van der Waals surface area contributed by atoms with E-state index in [-0.39, 0.29) is 12.4 Å². The van der Waals surface area contributed by atoms with Crippen molar-refractivity contribution in [2.45, 2.75) is 12.5 Å². The van der Waals surface area contributed by atoms with Crippen molar-refractivity contribution in [3.63, 3.8) is 0 Å². The van der Waals surface area contributed by atoms with Crippen LogP contribution in [0.3, 0.4) is 0 Å². The van der Waals surface area contributed by atoms with Crippen molar-refractivity contribution in [2.24, 2.45) is 0 Å². The van der Waals surface area contributed by atoms with Gasteiger partial charge < -0.3 is 4.90 Å². The fraction of sp³-hybridized carbons (Fsp3) is 0.250. The van der Waals surface area contributed by atoms with Crippen LogP contribution in [0, 0.1) is 0 Å². The van der Waals surface area contributed by atoms with E-state index >= 15 is 0 Å². The topological polar surface area (TPSA) is 3.24 Å². The van der Waals surface area contributed by atoms with Crippen molar-refractivity contribution in [1.82, 2.24) is 4.90 Å². The van der Waals surface area contributed by atoms with Crippen LogP contribution in [0.1, 0.15) is 22.6 Å². The Kier molecular flexibility index (Phi) is 4.67. The van der Waals surface area contributed by atoms with Crippen LogP contribution in [0.4, 0.5) is 0 Å². The van der Waals surface area contributed by atoms with Crippen LogP contribution in [-0.4, -0.2) is 18.5 Å². The lowest BCUT2D eigenvalue weighted by Gasteiger charge is -2.32. The molecule has 1 aliphatic heterocycles. The molecule has 1 unspecified atom stereocenters. The van der Waals surface area contributed by atoms with Crippen molar-refractivity contribution in [1.29, 1.82) is 0 Å². The van der Waals surface area contributed by atoms with Gasteiger partial charge in [0.2, 0.25) is 0 Å². The second-order valence-corrected chi connectivity index (χ2v) is 5.92. The first-order valence-corrected chi connectivity index (χ1v) is 7.05. The van der Waals surface area contributed by atoms with Gasteiger partial charge in [-0.05, 0) is 35.9 Å². The smallest absolute Gasteiger partial charge is 0.0234 e. The van der Waals surface area contributed by atoms with Crippen LogP contribution in [0.25, 0.3) is 0 Å². The van der Waals surface area contributed by atoms with Crippen LogP contribution >= 0.6 is 28.3 Å². The third-order valence-corrected chi connectivity index (χ3v) is 4.17. The Morgan fingerprint density at radius 3 is 2.47 bits per heavy atom. The Labute approximate surface area is 129 Å².